The summed E-state index contributed by atoms with van der Waals surface area (Å²) in [5.74, 6) is 0.775. The molecule has 3 fully saturated rings. The molecule has 0 bridgehead atoms. The third-order valence-electron chi connectivity index (χ3n) is 7.15. The second-order valence-corrected chi connectivity index (χ2v) is 11.4. The van der Waals surface area contributed by atoms with Crippen molar-refractivity contribution in [3.63, 3.8) is 0 Å². The topological polar surface area (TPSA) is 52.7 Å². The highest BCUT2D eigenvalue weighted by Gasteiger charge is 2.41. The van der Waals surface area contributed by atoms with E-state index in [4.69, 9.17) is 11.6 Å². The van der Waals surface area contributed by atoms with E-state index in [-0.39, 0.29) is 24.4 Å². The molecule has 0 aromatic heterocycles. The average molecular weight is 490 g/mol. The Morgan fingerprint density at radius 2 is 1.88 bits per heavy atom. The summed E-state index contributed by atoms with van der Waals surface area (Å²) in [7, 11) is 0. The molecule has 4 rings (SSSR count). The Balaban J connectivity index is 1.33. The number of likely N-dealkylation sites (tertiary alicyclic amines) is 1. The molecule has 1 aromatic carbocycles. The molecule has 2 heterocycles. The zero-order valence-corrected chi connectivity index (χ0v) is 21.2. The van der Waals surface area contributed by atoms with Gasteiger partial charge in [0.2, 0.25) is 5.91 Å². The van der Waals surface area contributed by atoms with E-state index in [0.717, 1.165) is 48.6 Å². The molecule has 2 aliphatic heterocycles. The summed E-state index contributed by atoms with van der Waals surface area (Å²) in [4.78, 5) is 31.2. The van der Waals surface area contributed by atoms with Gasteiger partial charge in [-0.05, 0) is 81.4 Å². The van der Waals surface area contributed by atoms with Crippen LogP contribution in [-0.4, -0.2) is 65.6 Å². The third-order valence-corrected chi connectivity index (χ3v) is 8.80. The molecule has 0 spiro atoms. The maximum Gasteiger partial charge on any atom is 0.261 e. The molecule has 3 aliphatic rings. The predicted molar refractivity (Wildman–Crippen MR) is 137 cm³/mol. The van der Waals surface area contributed by atoms with Crippen LogP contribution in [0.1, 0.15) is 57.4 Å². The minimum Gasteiger partial charge on any atom is -0.355 e. The summed E-state index contributed by atoms with van der Waals surface area (Å²) in [6.07, 6.45) is 9.83. The largest absolute Gasteiger partial charge is 0.355 e. The molecule has 180 valence electrons. The number of fused-ring (bicyclic) bond motifs is 1. The van der Waals surface area contributed by atoms with E-state index in [1.807, 2.05) is 35.2 Å². The molecule has 2 saturated heterocycles. The van der Waals surface area contributed by atoms with Gasteiger partial charge < -0.3 is 15.1 Å². The van der Waals surface area contributed by atoms with Gasteiger partial charge in [-0.15, -0.1) is 11.8 Å². The molecule has 1 saturated carbocycles. The number of nitrogens with one attached hydrogen (secondary N) is 1. The number of benzene rings is 1. The number of halogens is 1. The lowest BCUT2D eigenvalue weighted by Gasteiger charge is -2.43. The van der Waals surface area contributed by atoms with Crippen molar-refractivity contribution in [3.05, 3.63) is 39.8 Å². The first-order valence-electron chi connectivity index (χ1n) is 12.4. The predicted octanol–water partition coefficient (Wildman–Crippen LogP) is 4.81. The van der Waals surface area contributed by atoms with E-state index >= 15 is 0 Å². The molecule has 0 radical (unpaired) electrons. The Bertz CT molecular complexity index is 852. The highest BCUT2D eigenvalue weighted by Crippen LogP contribution is 2.42. The normalized spacial score (nSPS) is 25.8. The Morgan fingerprint density at radius 1 is 1.15 bits per heavy atom. The molecular weight excluding hydrogens is 454 g/mol. The number of rotatable bonds is 7. The fourth-order valence-electron chi connectivity index (χ4n) is 5.10. The van der Waals surface area contributed by atoms with E-state index in [1.54, 1.807) is 11.8 Å². The van der Waals surface area contributed by atoms with Crippen molar-refractivity contribution in [2.24, 2.45) is 5.92 Å². The van der Waals surface area contributed by atoms with Gasteiger partial charge in [0.1, 0.15) is 6.54 Å². The van der Waals surface area contributed by atoms with E-state index in [1.165, 1.54) is 32.4 Å². The number of carbonyl (C=O) groups is 2. The number of hydrogen-bond acceptors (Lipinski definition) is 4. The lowest BCUT2D eigenvalue weighted by molar-refractivity contribution is -0.135. The minimum absolute atomic E-state index is 0.0179. The highest BCUT2D eigenvalue weighted by molar-refractivity contribution is 8.04. The van der Waals surface area contributed by atoms with Crippen LogP contribution in [0.25, 0.3) is 6.08 Å². The van der Waals surface area contributed by atoms with E-state index in [0.29, 0.717) is 16.8 Å². The summed E-state index contributed by atoms with van der Waals surface area (Å²) in [6.45, 7) is 6.51. The van der Waals surface area contributed by atoms with Crippen LogP contribution in [0, 0.1) is 5.92 Å². The minimum atomic E-state index is -0.0438. The van der Waals surface area contributed by atoms with Gasteiger partial charge in [0.15, 0.2) is 0 Å². The van der Waals surface area contributed by atoms with E-state index < -0.39 is 0 Å². The molecule has 33 heavy (non-hydrogen) atoms. The summed E-state index contributed by atoms with van der Waals surface area (Å²) in [5.41, 5.74) is 0.959. The van der Waals surface area contributed by atoms with Crippen molar-refractivity contribution in [1.82, 2.24) is 15.1 Å². The zero-order chi connectivity index (χ0) is 23.2. The van der Waals surface area contributed by atoms with Crippen LogP contribution in [0.2, 0.25) is 5.02 Å². The summed E-state index contributed by atoms with van der Waals surface area (Å²) < 4.78 is 0. The number of carbonyl (C=O) groups excluding carboxylic acids is 2. The Hall–Kier alpha value is -1.50. The molecular formula is C26H36ClN3O2S. The number of hydrogen-bond donors (Lipinski definition) is 1. The molecule has 1 N–H and O–H groups in total. The van der Waals surface area contributed by atoms with Crippen LogP contribution >= 0.6 is 23.4 Å². The lowest BCUT2D eigenvalue weighted by atomic mass is 9.93. The SMILES string of the molecule is CC1CCN(CCCNC(=O)CN2C(=O)/C(=C\c3ccc(Cl)cc3)SC3CCCCC32)CC1. The second-order valence-electron chi connectivity index (χ2n) is 9.73. The van der Waals surface area contributed by atoms with Gasteiger partial charge in [-0.25, -0.2) is 0 Å². The third kappa shape index (κ3) is 6.77. The zero-order valence-electron chi connectivity index (χ0n) is 19.6. The Kier molecular flexibility index (Phi) is 8.78. The molecule has 1 aliphatic carbocycles. The molecule has 7 heteroatoms. The van der Waals surface area contributed by atoms with Crippen molar-refractivity contribution < 1.29 is 9.59 Å². The summed E-state index contributed by atoms with van der Waals surface area (Å²) >= 11 is 7.70. The Labute approximate surface area is 207 Å². The fraction of sp³-hybridized carbons (Fsp3) is 0.615. The van der Waals surface area contributed by atoms with Gasteiger partial charge in [0.05, 0.1) is 4.91 Å². The van der Waals surface area contributed by atoms with Gasteiger partial charge >= 0.3 is 0 Å². The van der Waals surface area contributed by atoms with Gasteiger partial charge in [-0.2, -0.15) is 0 Å². The fourth-order valence-corrected chi connectivity index (χ4v) is 6.70. The summed E-state index contributed by atoms with van der Waals surface area (Å²) in [5, 5.41) is 4.11. The molecule has 2 atom stereocenters. The quantitative estimate of drug-likeness (QED) is 0.441. The van der Waals surface area contributed by atoms with Gasteiger partial charge in [-0.3, -0.25) is 9.59 Å². The summed E-state index contributed by atoms with van der Waals surface area (Å²) in [6, 6.07) is 7.68. The first kappa shape index (κ1) is 24.6. The van der Waals surface area contributed by atoms with Crippen molar-refractivity contribution in [1.29, 1.82) is 0 Å². The van der Waals surface area contributed by atoms with Crippen LogP contribution in [-0.2, 0) is 9.59 Å². The van der Waals surface area contributed by atoms with Crippen molar-refractivity contribution in [3.8, 4) is 0 Å². The van der Waals surface area contributed by atoms with Crippen LogP contribution in [0.4, 0.5) is 0 Å². The standard InChI is InChI=1S/C26H36ClN3O2S/c1-19-11-15-29(16-12-19)14-4-13-28-25(31)18-30-22-5-2-3-6-23(22)33-24(26(30)32)17-20-7-9-21(27)10-8-20/h7-10,17,19,22-23H,2-6,11-16,18H2,1H3,(H,28,31)/b24-17+. The first-order chi connectivity index (χ1) is 16.0. The van der Waals surface area contributed by atoms with Crippen molar-refractivity contribution >= 4 is 41.3 Å². The van der Waals surface area contributed by atoms with E-state index in [9.17, 15) is 9.59 Å². The highest BCUT2D eigenvalue weighted by atomic mass is 35.5. The first-order valence-corrected chi connectivity index (χ1v) is 13.7. The monoisotopic (exact) mass is 489 g/mol. The van der Waals surface area contributed by atoms with Gasteiger partial charge in [-0.1, -0.05) is 43.5 Å². The van der Waals surface area contributed by atoms with Crippen LogP contribution in [0.3, 0.4) is 0 Å². The van der Waals surface area contributed by atoms with Crippen LogP contribution in [0.5, 0.6) is 0 Å². The Morgan fingerprint density at radius 3 is 2.64 bits per heavy atom. The molecule has 2 unspecified atom stereocenters. The number of amides is 2. The van der Waals surface area contributed by atoms with E-state index in [2.05, 4.69) is 17.1 Å². The second kappa shape index (κ2) is 11.8. The maximum atomic E-state index is 13.4. The number of nitrogens with zero attached hydrogens (tertiary/aromatic N) is 2. The molecule has 5 nitrogen and oxygen atoms in total. The van der Waals surface area contributed by atoms with Crippen LogP contribution < -0.4 is 5.32 Å². The van der Waals surface area contributed by atoms with Crippen molar-refractivity contribution in [2.75, 3.05) is 32.7 Å². The van der Waals surface area contributed by atoms with Gasteiger partial charge in [0, 0.05) is 22.9 Å². The number of thioether (sulfide) groups is 1. The van der Waals surface area contributed by atoms with Crippen LogP contribution in [0.15, 0.2) is 29.2 Å². The lowest BCUT2D eigenvalue weighted by Crippen LogP contribution is -2.54. The smallest absolute Gasteiger partial charge is 0.261 e. The van der Waals surface area contributed by atoms with Crippen molar-refractivity contribution in [2.45, 2.75) is 63.2 Å². The maximum absolute atomic E-state index is 13.4. The molecule has 2 amide bonds. The average Bonchev–Trinajstić information content (AvgIpc) is 2.82. The van der Waals surface area contributed by atoms with Gasteiger partial charge in [0.25, 0.3) is 5.91 Å². The number of piperidine rings is 1. The molecule has 1 aromatic rings.